The first-order chi connectivity index (χ1) is 9.60. The largest absolute Gasteiger partial charge is 1.00 e. The molecule has 0 unspecified atom stereocenters. The summed E-state index contributed by atoms with van der Waals surface area (Å²) < 4.78 is 15.7. The topological polar surface area (TPSA) is 85.4 Å². The second-order valence-electron chi connectivity index (χ2n) is 4.17. The molecule has 0 fully saturated rings. The zero-order valence-electron chi connectivity index (χ0n) is 12.3. The van der Waals surface area contributed by atoms with Crippen LogP contribution < -0.4 is 62.9 Å². The van der Waals surface area contributed by atoms with E-state index < -0.39 is 5.91 Å². The van der Waals surface area contributed by atoms with Crippen LogP contribution in [0.4, 0.5) is 0 Å². The molecule has 0 radical (unpaired) electrons. The smallest absolute Gasteiger partial charge is 0.666 e. The Morgan fingerprint density at radius 1 is 1.33 bits per heavy atom. The number of methoxy groups -OCH3 is 1. The van der Waals surface area contributed by atoms with Crippen LogP contribution in [0.5, 0.6) is 5.75 Å². The van der Waals surface area contributed by atoms with E-state index in [9.17, 15) is 4.79 Å². The molecule has 1 heterocycles. The van der Waals surface area contributed by atoms with E-state index in [1.807, 2.05) is 24.3 Å². The van der Waals surface area contributed by atoms with Gasteiger partial charge < -0.3 is 24.4 Å². The Bertz CT molecular complexity index is 596. The second-order valence-corrected chi connectivity index (χ2v) is 4.17. The van der Waals surface area contributed by atoms with E-state index >= 15 is 0 Å². The third kappa shape index (κ3) is 5.30. The molecule has 2 aromatic rings. The van der Waals surface area contributed by atoms with Gasteiger partial charge in [0.25, 0.3) is 0 Å². The van der Waals surface area contributed by atoms with Gasteiger partial charge in [-0.3, -0.25) is 0 Å². The Kier molecular flexibility index (Phi) is 7.76. The summed E-state index contributed by atoms with van der Waals surface area (Å²) >= 11 is 0. The molecule has 7 heteroatoms. The molecule has 0 saturated heterocycles. The summed E-state index contributed by atoms with van der Waals surface area (Å²) in [5.74, 6) is 1.12. The summed E-state index contributed by atoms with van der Waals surface area (Å²) in [7, 11) is 1.60. The number of benzene rings is 1. The molecule has 0 spiro atoms. The number of nitrogens with zero attached hydrogens (tertiary/aromatic N) is 1. The molecular formula is C14H15N2O4Rb. The van der Waals surface area contributed by atoms with Gasteiger partial charge in [0.1, 0.15) is 17.2 Å². The van der Waals surface area contributed by atoms with Crippen LogP contribution in [0, 0.1) is 6.92 Å². The van der Waals surface area contributed by atoms with E-state index in [-0.39, 0.29) is 71.4 Å². The molecule has 2 rings (SSSR count). The molecule has 1 aromatic carbocycles. The minimum Gasteiger partial charge on any atom is -0.666 e. The van der Waals surface area contributed by atoms with Crippen molar-refractivity contribution in [2.24, 2.45) is 0 Å². The quantitative estimate of drug-likeness (QED) is 0.709. The van der Waals surface area contributed by atoms with Crippen molar-refractivity contribution >= 4 is 5.91 Å². The first-order valence-electron chi connectivity index (χ1n) is 6.03. The summed E-state index contributed by atoms with van der Waals surface area (Å²) in [6.07, 6.45) is 0. The number of carbonyl (C=O) groups is 1. The summed E-state index contributed by atoms with van der Waals surface area (Å²) in [5.41, 5.74) is 8.21. The van der Waals surface area contributed by atoms with Crippen LogP contribution >= 0.6 is 0 Å². The number of oxazole rings is 1. The first-order valence-corrected chi connectivity index (χ1v) is 6.03. The van der Waals surface area contributed by atoms with Gasteiger partial charge in [-0.15, -0.1) is 0 Å². The fourth-order valence-corrected chi connectivity index (χ4v) is 1.66. The van der Waals surface area contributed by atoms with Gasteiger partial charge in [0.05, 0.1) is 26.2 Å². The molecule has 0 aliphatic heterocycles. The van der Waals surface area contributed by atoms with Gasteiger partial charge >= 0.3 is 58.2 Å². The summed E-state index contributed by atoms with van der Waals surface area (Å²) in [5, 5.41) is 0. The van der Waals surface area contributed by atoms with Crippen molar-refractivity contribution in [3.05, 3.63) is 41.5 Å². The van der Waals surface area contributed by atoms with Crippen LogP contribution in [0.1, 0.15) is 11.5 Å². The molecule has 6 nitrogen and oxygen atoms in total. The Labute approximate surface area is 171 Å². The molecule has 1 aromatic heterocycles. The minimum atomic E-state index is -0.762. The Balaban J connectivity index is 0.00000220. The van der Waals surface area contributed by atoms with Crippen molar-refractivity contribution in [2.45, 2.75) is 13.5 Å². The molecule has 0 saturated carbocycles. The van der Waals surface area contributed by atoms with Gasteiger partial charge in [0, 0.05) is 5.56 Å². The maximum atomic E-state index is 10.5. The zero-order valence-corrected chi connectivity index (χ0v) is 17.2. The maximum absolute atomic E-state index is 10.5. The Morgan fingerprint density at radius 3 is 2.57 bits per heavy atom. The molecule has 0 aliphatic carbocycles. The van der Waals surface area contributed by atoms with E-state index in [4.69, 9.17) is 19.6 Å². The number of rotatable bonds is 6. The van der Waals surface area contributed by atoms with E-state index in [1.165, 1.54) is 0 Å². The van der Waals surface area contributed by atoms with Crippen LogP contribution in [0.15, 0.2) is 28.7 Å². The zero-order chi connectivity index (χ0) is 14.5. The fourth-order valence-electron chi connectivity index (χ4n) is 1.66. The third-order valence-corrected chi connectivity index (χ3v) is 2.70. The van der Waals surface area contributed by atoms with Crippen LogP contribution in [0.2, 0.25) is 0 Å². The van der Waals surface area contributed by atoms with Crippen molar-refractivity contribution in [3.63, 3.8) is 0 Å². The molecule has 0 bridgehead atoms. The SMILES string of the molecule is COc1ccc(-c2nc(COCC([NH-])=O)c(C)o2)cc1.[Rb+]. The van der Waals surface area contributed by atoms with E-state index in [1.54, 1.807) is 14.0 Å². The molecule has 1 amide bonds. The molecule has 21 heavy (non-hydrogen) atoms. The summed E-state index contributed by atoms with van der Waals surface area (Å²) in [6, 6.07) is 7.34. The number of ether oxygens (including phenoxy) is 2. The minimum absolute atomic E-state index is 0. The maximum Gasteiger partial charge on any atom is 1.00 e. The standard InChI is InChI=1S/C14H16N2O4.Rb/c1-9-12(7-19-8-13(15)17)16-14(20-9)10-3-5-11(18-2)6-4-10;/h3-6H,7-8H2,1-2H3,(H2,15,17);/q;+1/p-1. The Hall–Kier alpha value is -0.535. The normalized spacial score (nSPS) is 10.0. The van der Waals surface area contributed by atoms with E-state index in [0.717, 1.165) is 11.3 Å². The van der Waals surface area contributed by atoms with Gasteiger partial charge in [0.15, 0.2) is 0 Å². The van der Waals surface area contributed by atoms with Crippen molar-refractivity contribution in [1.29, 1.82) is 0 Å². The molecule has 106 valence electrons. The molecule has 1 N–H and O–H groups in total. The predicted octanol–water partition coefficient (Wildman–Crippen LogP) is -0.242. The fraction of sp³-hybridized carbons (Fsp3) is 0.286. The Morgan fingerprint density at radius 2 is 2.00 bits per heavy atom. The average molecular weight is 361 g/mol. The number of carbonyl (C=O) groups excluding carboxylic acids is 1. The van der Waals surface area contributed by atoms with Gasteiger partial charge in [-0.05, 0) is 31.2 Å². The average Bonchev–Trinajstić information content (AvgIpc) is 2.80. The van der Waals surface area contributed by atoms with Gasteiger partial charge in [-0.1, -0.05) is 0 Å². The third-order valence-electron chi connectivity index (χ3n) is 2.70. The van der Waals surface area contributed by atoms with E-state index in [2.05, 4.69) is 4.98 Å². The van der Waals surface area contributed by atoms with Crippen molar-refractivity contribution in [3.8, 4) is 17.2 Å². The number of hydrogen-bond acceptors (Lipinski definition) is 5. The van der Waals surface area contributed by atoms with Gasteiger partial charge in [-0.25, -0.2) is 4.98 Å². The van der Waals surface area contributed by atoms with Crippen molar-refractivity contribution < 1.29 is 76.9 Å². The van der Waals surface area contributed by atoms with Crippen LogP contribution in [-0.2, 0) is 16.1 Å². The summed E-state index contributed by atoms with van der Waals surface area (Å²) in [6.45, 7) is 1.68. The molecule has 0 aliphatic rings. The van der Waals surface area contributed by atoms with Crippen LogP contribution in [-0.4, -0.2) is 24.6 Å². The molecule has 0 atom stereocenters. The van der Waals surface area contributed by atoms with Gasteiger partial charge in [-0.2, -0.15) is 0 Å². The van der Waals surface area contributed by atoms with E-state index in [0.29, 0.717) is 17.3 Å². The number of nitrogens with one attached hydrogen (secondary N) is 1. The number of aryl methyl sites for hydroxylation is 1. The number of aromatic nitrogens is 1. The van der Waals surface area contributed by atoms with Crippen LogP contribution in [0.25, 0.3) is 17.2 Å². The first kappa shape index (κ1) is 18.5. The predicted molar refractivity (Wildman–Crippen MR) is 72.2 cm³/mol. The van der Waals surface area contributed by atoms with Crippen LogP contribution in [0.3, 0.4) is 0 Å². The molecular weight excluding hydrogens is 346 g/mol. The second kappa shape index (κ2) is 8.80. The monoisotopic (exact) mass is 360 g/mol. The van der Waals surface area contributed by atoms with Crippen molar-refractivity contribution in [2.75, 3.05) is 13.7 Å². The van der Waals surface area contributed by atoms with Crippen molar-refractivity contribution in [1.82, 2.24) is 4.98 Å². The summed E-state index contributed by atoms with van der Waals surface area (Å²) in [4.78, 5) is 14.8. The number of hydrogen-bond donors (Lipinski definition) is 0. The van der Waals surface area contributed by atoms with Gasteiger partial charge in [0.2, 0.25) is 5.89 Å². The number of amides is 1.